The van der Waals surface area contributed by atoms with Crippen molar-refractivity contribution < 1.29 is 9.53 Å². The fourth-order valence-electron chi connectivity index (χ4n) is 4.35. The topological polar surface area (TPSA) is 76.4 Å². The van der Waals surface area contributed by atoms with Crippen molar-refractivity contribution in [3.63, 3.8) is 0 Å². The second kappa shape index (κ2) is 6.05. The number of ether oxygens (including phenoxy) is 1. The predicted octanol–water partition coefficient (Wildman–Crippen LogP) is 0.949. The summed E-state index contributed by atoms with van der Waals surface area (Å²) in [5.74, 6) is 0.803. The lowest BCUT2D eigenvalue weighted by Gasteiger charge is -2.36. The van der Waals surface area contributed by atoms with Gasteiger partial charge in [-0.3, -0.25) is 9.48 Å². The molecule has 2 aromatic heterocycles. The minimum atomic E-state index is 0.0148. The summed E-state index contributed by atoms with van der Waals surface area (Å²) >= 11 is 0. The lowest BCUT2D eigenvalue weighted by atomic mass is 9.99. The van der Waals surface area contributed by atoms with E-state index in [1.54, 1.807) is 10.7 Å². The molecule has 2 aromatic rings. The fraction of sp³-hybridized carbons (Fsp3) is 0.556. The molecule has 1 amide bonds. The molecule has 3 aliphatic heterocycles. The fourth-order valence-corrected chi connectivity index (χ4v) is 4.35. The summed E-state index contributed by atoms with van der Waals surface area (Å²) in [5, 5.41) is 4.29. The number of nitrogens with zero attached hydrogens (tertiary/aromatic N) is 6. The molecule has 8 heteroatoms. The molecule has 0 N–H and O–H groups in total. The van der Waals surface area contributed by atoms with Crippen molar-refractivity contribution in [2.45, 2.75) is 31.3 Å². The van der Waals surface area contributed by atoms with E-state index in [0.29, 0.717) is 5.69 Å². The molecule has 8 nitrogen and oxygen atoms in total. The first-order valence-electron chi connectivity index (χ1n) is 9.21. The number of fused-ring (bicyclic) bond motifs is 4. The van der Waals surface area contributed by atoms with Crippen LogP contribution >= 0.6 is 0 Å². The number of hydrogen-bond donors (Lipinski definition) is 0. The van der Waals surface area contributed by atoms with Gasteiger partial charge in [-0.15, -0.1) is 0 Å². The van der Waals surface area contributed by atoms with Crippen molar-refractivity contribution in [2.24, 2.45) is 7.05 Å². The average molecular weight is 354 g/mol. The number of carbonyl (C=O) groups excluding carboxylic acids is 1. The van der Waals surface area contributed by atoms with Gasteiger partial charge in [-0.2, -0.15) is 5.10 Å². The highest BCUT2D eigenvalue weighted by Crippen LogP contribution is 2.43. The van der Waals surface area contributed by atoms with Gasteiger partial charge in [0.15, 0.2) is 0 Å². The number of carbonyl (C=O) groups is 1. The molecule has 5 rings (SSSR count). The summed E-state index contributed by atoms with van der Waals surface area (Å²) in [6.45, 7) is 3.10. The molecule has 0 aliphatic carbocycles. The molecule has 2 atom stereocenters. The Morgan fingerprint density at radius 3 is 2.88 bits per heavy atom. The molecule has 0 aromatic carbocycles. The Bertz CT molecular complexity index is 844. The smallest absolute Gasteiger partial charge is 0.275 e. The third kappa shape index (κ3) is 2.47. The minimum Gasteiger partial charge on any atom is -0.378 e. The number of morpholine rings is 1. The number of anilines is 1. The Morgan fingerprint density at radius 1 is 1.27 bits per heavy atom. The molecule has 0 unspecified atom stereocenters. The van der Waals surface area contributed by atoms with Crippen molar-refractivity contribution in [3.05, 3.63) is 35.4 Å². The highest BCUT2D eigenvalue weighted by molar-refractivity contribution is 5.93. The molecule has 2 fully saturated rings. The van der Waals surface area contributed by atoms with Gasteiger partial charge < -0.3 is 14.5 Å². The Labute approximate surface area is 151 Å². The van der Waals surface area contributed by atoms with Crippen molar-refractivity contribution in [2.75, 3.05) is 31.2 Å². The molecule has 0 radical (unpaired) electrons. The lowest BCUT2D eigenvalue weighted by Crippen LogP contribution is -2.43. The van der Waals surface area contributed by atoms with Crippen LogP contribution in [0.1, 0.15) is 40.6 Å². The zero-order valence-corrected chi connectivity index (χ0v) is 14.8. The van der Waals surface area contributed by atoms with Crippen molar-refractivity contribution in [3.8, 4) is 0 Å². The molecular formula is C18H22N6O2. The molecule has 0 saturated carbocycles. The van der Waals surface area contributed by atoms with Gasteiger partial charge in [0.05, 0.1) is 24.9 Å². The van der Waals surface area contributed by atoms with Crippen LogP contribution in [0.5, 0.6) is 0 Å². The Kier molecular flexibility index (Phi) is 3.66. The number of amides is 1. The summed E-state index contributed by atoms with van der Waals surface area (Å²) < 4.78 is 7.08. The normalized spacial score (nSPS) is 24.7. The van der Waals surface area contributed by atoms with E-state index >= 15 is 0 Å². The molecule has 0 spiro atoms. The van der Waals surface area contributed by atoms with Crippen LogP contribution in [0.3, 0.4) is 0 Å². The average Bonchev–Trinajstić information content (AvgIpc) is 3.24. The van der Waals surface area contributed by atoms with E-state index in [2.05, 4.69) is 15.0 Å². The Balaban J connectivity index is 1.44. The number of aromatic nitrogens is 4. The van der Waals surface area contributed by atoms with Crippen LogP contribution in [0, 0.1) is 0 Å². The standard InChI is InChI=1S/C18H22N6O2/c1-22-5-4-14(21-22)17(25)24-12-2-3-16(24)13-11-19-18(20-15(13)10-12)23-6-8-26-9-7-23/h4-5,11-12,16H,2-3,6-10H2,1H3/t12-,16-/m1/s1. The maximum atomic E-state index is 13.0. The van der Waals surface area contributed by atoms with E-state index < -0.39 is 0 Å². The van der Waals surface area contributed by atoms with Gasteiger partial charge in [0.25, 0.3) is 5.91 Å². The molecule has 136 valence electrons. The van der Waals surface area contributed by atoms with E-state index in [-0.39, 0.29) is 18.0 Å². The van der Waals surface area contributed by atoms with Crippen LogP contribution in [0.15, 0.2) is 18.5 Å². The second-order valence-electron chi connectivity index (χ2n) is 7.21. The van der Waals surface area contributed by atoms with E-state index in [1.807, 2.05) is 24.3 Å². The summed E-state index contributed by atoms with van der Waals surface area (Å²) in [7, 11) is 1.83. The maximum Gasteiger partial charge on any atom is 0.275 e. The van der Waals surface area contributed by atoms with Crippen LogP contribution in [-0.2, 0) is 18.2 Å². The van der Waals surface area contributed by atoms with Gasteiger partial charge in [-0.05, 0) is 18.9 Å². The molecule has 2 bridgehead atoms. The van der Waals surface area contributed by atoms with Gasteiger partial charge in [-0.25, -0.2) is 9.97 Å². The molecule has 5 heterocycles. The molecule has 3 aliphatic rings. The largest absolute Gasteiger partial charge is 0.378 e. The summed E-state index contributed by atoms with van der Waals surface area (Å²) in [6.07, 6.45) is 6.51. The van der Waals surface area contributed by atoms with Crippen LogP contribution in [0.2, 0.25) is 0 Å². The van der Waals surface area contributed by atoms with Crippen molar-refractivity contribution >= 4 is 11.9 Å². The van der Waals surface area contributed by atoms with Crippen LogP contribution in [0.4, 0.5) is 5.95 Å². The summed E-state index contributed by atoms with van der Waals surface area (Å²) in [6, 6.07) is 2.06. The summed E-state index contributed by atoms with van der Waals surface area (Å²) in [4.78, 5) is 26.6. The van der Waals surface area contributed by atoms with Gasteiger partial charge in [0, 0.05) is 50.6 Å². The Morgan fingerprint density at radius 2 is 2.12 bits per heavy atom. The van der Waals surface area contributed by atoms with Gasteiger partial charge in [0.1, 0.15) is 5.69 Å². The van der Waals surface area contributed by atoms with Crippen molar-refractivity contribution in [1.29, 1.82) is 0 Å². The van der Waals surface area contributed by atoms with E-state index in [1.165, 1.54) is 0 Å². The van der Waals surface area contributed by atoms with Crippen LogP contribution in [0.25, 0.3) is 0 Å². The number of aryl methyl sites for hydroxylation is 1. The third-order valence-corrected chi connectivity index (χ3v) is 5.64. The van der Waals surface area contributed by atoms with E-state index in [4.69, 9.17) is 9.72 Å². The van der Waals surface area contributed by atoms with Crippen LogP contribution < -0.4 is 4.90 Å². The number of rotatable bonds is 2. The quantitative estimate of drug-likeness (QED) is 0.799. The number of hydrogen-bond acceptors (Lipinski definition) is 6. The zero-order valence-electron chi connectivity index (χ0n) is 14.8. The van der Waals surface area contributed by atoms with E-state index in [9.17, 15) is 4.79 Å². The van der Waals surface area contributed by atoms with Gasteiger partial charge in [0.2, 0.25) is 5.95 Å². The van der Waals surface area contributed by atoms with Gasteiger partial charge >= 0.3 is 0 Å². The highest BCUT2D eigenvalue weighted by Gasteiger charge is 2.44. The Hall–Kier alpha value is -2.48. The monoisotopic (exact) mass is 354 g/mol. The summed E-state index contributed by atoms with van der Waals surface area (Å²) in [5.41, 5.74) is 2.71. The maximum absolute atomic E-state index is 13.0. The minimum absolute atomic E-state index is 0.0148. The van der Waals surface area contributed by atoms with Crippen molar-refractivity contribution in [1.82, 2.24) is 24.6 Å². The molecular weight excluding hydrogens is 332 g/mol. The lowest BCUT2D eigenvalue weighted by molar-refractivity contribution is 0.0636. The molecule has 26 heavy (non-hydrogen) atoms. The third-order valence-electron chi connectivity index (χ3n) is 5.64. The second-order valence-corrected chi connectivity index (χ2v) is 7.21. The molecule has 2 saturated heterocycles. The van der Waals surface area contributed by atoms with Gasteiger partial charge in [-0.1, -0.05) is 0 Å². The zero-order chi connectivity index (χ0) is 17.7. The van der Waals surface area contributed by atoms with E-state index in [0.717, 1.165) is 62.8 Å². The first-order valence-corrected chi connectivity index (χ1v) is 9.21. The first-order chi connectivity index (χ1) is 12.7. The highest BCUT2D eigenvalue weighted by atomic mass is 16.5. The predicted molar refractivity (Wildman–Crippen MR) is 93.9 cm³/mol. The SMILES string of the molecule is Cn1ccc(C(=O)N2[C@@H]3CC[C@@H]2c2cnc(N4CCOCC4)nc2C3)n1. The van der Waals surface area contributed by atoms with Crippen LogP contribution in [-0.4, -0.2) is 62.9 Å². The first kappa shape index (κ1) is 15.7.